The number of thioether (sulfide) groups is 1. The number of thiazole rings is 1. The largest absolute Gasteiger partial charge is 0.370 e. The SMILES string of the molecule is CC1=NC(=NCCSCc2csc(N=C(N)N)n2)NS(=O)(=O)N1C. The first-order valence-corrected chi connectivity index (χ1v) is 10.2. The molecule has 5 N–H and O–H groups in total. The first-order chi connectivity index (χ1) is 11.3. The van der Waals surface area contributed by atoms with Gasteiger partial charge in [-0.2, -0.15) is 30.2 Å². The van der Waals surface area contributed by atoms with Crippen LogP contribution < -0.4 is 16.2 Å². The van der Waals surface area contributed by atoms with E-state index in [2.05, 4.69) is 24.7 Å². The number of rotatable bonds is 6. The summed E-state index contributed by atoms with van der Waals surface area (Å²) in [5.74, 6) is 1.85. The smallest absolute Gasteiger partial charge is 0.326 e. The molecule has 1 aromatic heterocycles. The molecule has 2 rings (SSSR count). The zero-order valence-corrected chi connectivity index (χ0v) is 15.6. The molecule has 0 unspecified atom stereocenters. The number of aromatic nitrogens is 1. The van der Waals surface area contributed by atoms with E-state index >= 15 is 0 Å². The molecule has 0 saturated heterocycles. The van der Waals surface area contributed by atoms with Gasteiger partial charge in [-0.1, -0.05) is 0 Å². The molecule has 0 saturated carbocycles. The summed E-state index contributed by atoms with van der Waals surface area (Å²) in [5, 5.41) is 2.41. The molecular formula is C11H18N8O2S3. The number of guanidine groups is 2. The highest BCUT2D eigenvalue weighted by molar-refractivity contribution is 7.98. The molecule has 0 bridgehead atoms. The maximum absolute atomic E-state index is 11.8. The summed E-state index contributed by atoms with van der Waals surface area (Å²) in [6, 6.07) is 0. The van der Waals surface area contributed by atoms with Crippen molar-refractivity contribution >= 4 is 56.2 Å². The summed E-state index contributed by atoms with van der Waals surface area (Å²) in [4.78, 5) is 16.4. The van der Waals surface area contributed by atoms with Crippen LogP contribution in [0.3, 0.4) is 0 Å². The van der Waals surface area contributed by atoms with Gasteiger partial charge in [0, 0.05) is 23.9 Å². The van der Waals surface area contributed by atoms with Gasteiger partial charge in [-0.15, -0.1) is 11.3 Å². The van der Waals surface area contributed by atoms with Crippen LogP contribution >= 0.6 is 23.1 Å². The first kappa shape index (κ1) is 18.5. The lowest BCUT2D eigenvalue weighted by molar-refractivity contribution is 0.544. The topological polar surface area (TPSA) is 151 Å². The molecule has 1 aliphatic heterocycles. The van der Waals surface area contributed by atoms with E-state index in [4.69, 9.17) is 11.5 Å². The Balaban J connectivity index is 1.81. The van der Waals surface area contributed by atoms with Crippen molar-refractivity contribution in [1.29, 1.82) is 0 Å². The van der Waals surface area contributed by atoms with Gasteiger partial charge >= 0.3 is 10.2 Å². The average molecular weight is 391 g/mol. The fraction of sp³-hybridized carbons (Fsp3) is 0.455. The minimum absolute atomic E-state index is 0.0178. The van der Waals surface area contributed by atoms with E-state index in [0.717, 1.165) is 10.00 Å². The Morgan fingerprint density at radius 2 is 2.25 bits per heavy atom. The number of nitrogens with two attached hydrogens (primary N) is 2. The molecule has 13 heteroatoms. The van der Waals surface area contributed by atoms with Crippen LogP contribution in [0.1, 0.15) is 12.6 Å². The maximum Gasteiger partial charge on any atom is 0.326 e. The number of nitrogens with zero attached hydrogens (tertiary/aromatic N) is 5. The summed E-state index contributed by atoms with van der Waals surface area (Å²) in [6.45, 7) is 2.05. The monoisotopic (exact) mass is 390 g/mol. The van der Waals surface area contributed by atoms with Crippen LogP contribution in [-0.2, 0) is 16.0 Å². The van der Waals surface area contributed by atoms with Crippen molar-refractivity contribution in [2.45, 2.75) is 12.7 Å². The third-order valence-corrected chi connectivity index (χ3v) is 6.00. The van der Waals surface area contributed by atoms with Crippen molar-refractivity contribution in [3.8, 4) is 0 Å². The van der Waals surface area contributed by atoms with Gasteiger partial charge in [-0.25, -0.2) is 19.0 Å². The third-order valence-electron chi connectivity index (χ3n) is 2.82. The van der Waals surface area contributed by atoms with Crippen molar-refractivity contribution in [3.63, 3.8) is 0 Å². The highest BCUT2D eigenvalue weighted by Gasteiger charge is 2.25. The average Bonchev–Trinajstić information content (AvgIpc) is 2.90. The Morgan fingerprint density at radius 3 is 2.92 bits per heavy atom. The molecule has 24 heavy (non-hydrogen) atoms. The summed E-state index contributed by atoms with van der Waals surface area (Å²) < 4.78 is 26.9. The van der Waals surface area contributed by atoms with Crippen molar-refractivity contribution in [2.24, 2.45) is 26.4 Å². The number of hydrogen-bond acceptors (Lipinski definition) is 7. The van der Waals surface area contributed by atoms with Crippen LogP contribution in [0.2, 0.25) is 0 Å². The molecule has 0 spiro atoms. The quantitative estimate of drug-likeness (QED) is 0.348. The Morgan fingerprint density at radius 1 is 1.50 bits per heavy atom. The molecule has 0 aliphatic carbocycles. The van der Waals surface area contributed by atoms with Crippen LogP contribution in [0, 0.1) is 0 Å². The normalized spacial score (nSPS) is 18.2. The number of aliphatic imine (C=N–C) groups is 3. The Bertz CT molecular complexity index is 779. The number of amidine groups is 1. The van der Waals surface area contributed by atoms with Crippen molar-refractivity contribution in [2.75, 3.05) is 19.3 Å². The standard InChI is InChI=1S/C11H18N8O2S3/c1-7-15-10(18-24(20,21)19(7)2)14-3-4-22-5-8-6-23-11(16-8)17-9(12)13/h6H,3-5H2,1-2H3,(H,14,18)(H4,12,13,16,17). The zero-order chi connectivity index (χ0) is 17.7. The van der Waals surface area contributed by atoms with Crippen LogP contribution in [0.15, 0.2) is 20.4 Å². The molecule has 0 fully saturated rings. The number of hydrogen-bond donors (Lipinski definition) is 3. The minimum atomic E-state index is -3.58. The fourth-order valence-corrected chi connectivity index (χ4v) is 3.99. The van der Waals surface area contributed by atoms with Gasteiger partial charge in [-0.05, 0) is 6.92 Å². The molecule has 1 aliphatic rings. The van der Waals surface area contributed by atoms with Crippen molar-refractivity contribution in [1.82, 2.24) is 14.0 Å². The summed E-state index contributed by atoms with van der Waals surface area (Å²) in [6.07, 6.45) is 0. The van der Waals surface area contributed by atoms with Gasteiger partial charge in [0.2, 0.25) is 11.1 Å². The Hall–Kier alpha value is -1.86. The van der Waals surface area contributed by atoms with Gasteiger partial charge < -0.3 is 11.5 Å². The van der Waals surface area contributed by atoms with E-state index in [9.17, 15) is 8.42 Å². The second kappa shape index (κ2) is 7.81. The first-order valence-electron chi connectivity index (χ1n) is 6.76. The van der Waals surface area contributed by atoms with E-state index in [0.29, 0.717) is 29.0 Å². The van der Waals surface area contributed by atoms with Gasteiger partial charge in [0.15, 0.2) is 5.96 Å². The highest BCUT2D eigenvalue weighted by atomic mass is 32.2. The van der Waals surface area contributed by atoms with Gasteiger partial charge in [0.05, 0.1) is 12.2 Å². The number of nitrogens with one attached hydrogen (secondary N) is 1. The predicted molar refractivity (Wildman–Crippen MR) is 99.0 cm³/mol. The Labute approximate surface area is 148 Å². The molecule has 2 heterocycles. The third kappa shape index (κ3) is 5.07. The molecule has 10 nitrogen and oxygen atoms in total. The lowest BCUT2D eigenvalue weighted by Gasteiger charge is -2.23. The lowest BCUT2D eigenvalue weighted by Crippen LogP contribution is -2.48. The molecule has 132 valence electrons. The summed E-state index contributed by atoms with van der Waals surface area (Å²) in [7, 11) is -2.15. The van der Waals surface area contributed by atoms with Crippen LogP contribution in [0.4, 0.5) is 5.13 Å². The second-order valence-electron chi connectivity index (χ2n) is 4.65. The van der Waals surface area contributed by atoms with Crippen molar-refractivity contribution < 1.29 is 8.42 Å². The minimum Gasteiger partial charge on any atom is -0.370 e. The van der Waals surface area contributed by atoms with Crippen LogP contribution in [0.5, 0.6) is 0 Å². The van der Waals surface area contributed by atoms with E-state index in [1.54, 1.807) is 18.7 Å². The van der Waals surface area contributed by atoms with Crippen LogP contribution in [-0.4, -0.2) is 54.8 Å². The predicted octanol–water partition coefficient (Wildman–Crippen LogP) is -0.165. The second-order valence-corrected chi connectivity index (χ2v) is 8.29. The fourth-order valence-electron chi connectivity index (χ4n) is 1.59. The van der Waals surface area contributed by atoms with Crippen LogP contribution in [0.25, 0.3) is 0 Å². The lowest BCUT2D eigenvalue weighted by atomic mass is 10.6. The Kier molecular flexibility index (Phi) is 6.01. The molecule has 0 aromatic carbocycles. The van der Waals surface area contributed by atoms with E-state index in [1.807, 2.05) is 5.38 Å². The molecular weight excluding hydrogens is 372 g/mol. The summed E-state index contributed by atoms with van der Waals surface area (Å²) >= 11 is 2.98. The van der Waals surface area contributed by atoms with Gasteiger partial charge in [0.1, 0.15) is 5.84 Å². The highest BCUT2D eigenvalue weighted by Crippen LogP contribution is 2.21. The molecule has 0 radical (unpaired) electrons. The zero-order valence-electron chi connectivity index (χ0n) is 13.1. The van der Waals surface area contributed by atoms with E-state index in [1.165, 1.54) is 18.4 Å². The maximum atomic E-state index is 11.8. The van der Waals surface area contributed by atoms with E-state index in [-0.39, 0.29) is 11.9 Å². The van der Waals surface area contributed by atoms with Gasteiger partial charge in [-0.3, -0.25) is 0 Å². The van der Waals surface area contributed by atoms with Crippen molar-refractivity contribution in [3.05, 3.63) is 11.1 Å². The summed E-state index contributed by atoms with van der Waals surface area (Å²) in [5.41, 5.74) is 11.5. The van der Waals surface area contributed by atoms with Gasteiger partial charge in [0.25, 0.3) is 0 Å². The molecule has 1 aromatic rings. The van der Waals surface area contributed by atoms with E-state index < -0.39 is 10.2 Å². The molecule has 0 amide bonds. The molecule has 0 atom stereocenters.